The Bertz CT molecular complexity index is 608. The minimum absolute atomic E-state index is 0.0176. The van der Waals surface area contributed by atoms with Crippen molar-refractivity contribution in [2.24, 2.45) is 10.2 Å². The van der Waals surface area contributed by atoms with Crippen molar-refractivity contribution < 1.29 is 4.79 Å². The summed E-state index contributed by atoms with van der Waals surface area (Å²) in [6.45, 7) is 4.26. The molecule has 1 aromatic rings. The fourth-order valence-electron chi connectivity index (χ4n) is 2.39. The highest BCUT2D eigenvalue weighted by Crippen LogP contribution is 2.17. The van der Waals surface area contributed by atoms with Crippen LogP contribution in [0.4, 0.5) is 5.69 Å². The lowest BCUT2D eigenvalue weighted by Gasteiger charge is -2.34. The summed E-state index contributed by atoms with van der Waals surface area (Å²) in [4.78, 5) is 15.8. The van der Waals surface area contributed by atoms with Gasteiger partial charge in [0.05, 0.1) is 12.0 Å². The topological polar surface area (TPSA) is 60.3 Å². The molecule has 0 aliphatic carbocycles. The predicted octanol–water partition coefficient (Wildman–Crippen LogP) is 0.991. The molecule has 7 heteroatoms. The van der Waals surface area contributed by atoms with Crippen molar-refractivity contribution in [3.8, 4) is 0 Å². The van der Waals surface area contributed by atoms with E-state index < -0.39 is 0 Å². The first-order valence-electron chi connectivity index (χ1n) is 7.28. The van der Waals surface area contributed by atoms with Gasteiger partial charge in [-0.05, 0) is 24.7 Å². The number of nitrogens with one attached hydrogen (secondary N) is 1. The number of benzene rings is 1. The molecule has 1 aromatic carbocycles. The van der Waals surface area contributed by atoms with Gasteiger partial charge in [-0.3, -0.25) is 4.79 Å². The van der Waals surface area contributed by atoms with Gasteiger partial charge in [-0.2, -0.15) is 5.10 Å². The van der Waals surface area contributed by atoms with E-state index in [-0.39, 0.29) is 5.91 Å². The molecule has 22 heavy (non-hydrogen) atoms. The molecule has 1 amide bonds. The van der Waals surface area contributed by atoms with Gasteiger partial charge in [0, 0.05) is 31.9 Å². The molecule has 0 spiro atoms. The lowest BCUT2D eigenvalue weighted by molar-refractivity contribution is -0.116. The molecule has 116 valence electrons. The highest BCUT2D eigenvalue weighted by atomic mass is 32.2. The summed E-state index contributed by atoms with van der Waals surface area (Å²) in [5.74, 6) is 0.406. The lowest BCUT2D eigenvalue weighted by Crippen LogP contribution is -2.44. The second-order valence-corrected chi connectivity index (χ2v) is 6.34. The van der Waals surface area contributed by atoms with Crippen LogP contribution in [0.1, 0.15) is 5.56 Å². The standard InChI is InChI=1S/C15H19N5OS/c1-19-5-7-20(8-6-19)13-4-2-3-12(9-13)10-16-18-15-17-14(21)11-22-15/h2-4,9-10H,5-8,11H2,1H3,(H,17,18,21). The third-order valence-corrected chi connectivity index (χ3v) is 4.54. The monoisotopic (exact) mass is 317 g/mol. The maximum atomic E-state index is 11.1. The highest BCUT2D eigenvalue weighted by Gasteiger charge is 2.16. The zero-order chi connectivity index (χ0) is 15.4. The fourth-order valence-corrected chi connectivity index (χ4v) is 3.02. The SMILES string of the molecule is CN1CCN(c2cccc(C=NN=C3NC(=O)CS3)c2)CC1. The molecule has 2 fully saturated rings. The molecular weight excluding hydrogens is 298 g/mol. The second kappa shape index (κ2) is 6.93. The fraction of sp³-hybridized carbons (Fsp3) is 0.400. The quantitative estimate of drug-likeness (QED) is 0.667. The van der Waals surface area contributed by atoms with Crippen LogP contribution in [0.2, 0.25) is 0 Å². The number of piperazine rings is 1. The Balaban J connectivity index is 1.65. The molecule has 0 bridgehead atoms. The molecule has 0 aromatic heterocycles. The molecule has 0 unspecified atom stereocenters. The van der Waals surface area contributed by atoms with Crippen LogP contribution >= 0.6 is 11.8 Å². The number of thioether (sulfide) groups is 1. The van der Waals surface area contributed by atoms with Crippen LogP contribution < -0.4 is 10.2 Å². The average Bonchev–Trinajstić information content (AvgIpc) is 2.94. The van der Waals surface area contributed by atoms with Crippen molar-refractivity contribution in [3.63, 3.8) is 0 Å². The van der Waals surface area contributed by atoms with Gasteiger partial charge in [0.1, 0.15) is 0 Å². The van der Waals surface area contributed by atoms with Crippen molar-refractivity contribution in [3.05, 3.63) is 29.8 Å². The Morgan fingerprint density at radius 3 is 2.82 bits per heavy atom. The van der Waals surface area contributed by atoms with E-state index in [1.54, 1.807) is 6.21 Å². The van der Waals surface area contributed by atoms with Crippen LogP contribution in [-0.2, 0) is 4.79 Å². The first-order chi connectivity index (χ1) is 10.7. The van der Waals surface area contributed by atoms with Crippen molar-refractivity contribution in [2.75, 3.05) is 43.9 Å². The summed E-state index contributed by atoms with van der Waals surface area (Å²) < 4.78 is 0. The minimum Gasteiger partial charge on any atom is -0.369 e. The zero-order valence-electron chi connectivity index (χ0n) is 12.5. The highest BCUT2D eigenvalue weighted by molar-refractivity contribution is 8.15. The van der Waals surface area contributed by atoms with Crippen LogP contribution in [0.15, 0.2) is 34.5 Å². The van der Waals surface area contributed by atoms with Gasteiger partial charge in [-0.15, -0.1) is 5.10 Å². The number of amides is 1. The smallest absolute Gasteiger partial charge is 0.236 e. The Morgan fingerprint density at radius 1 is 1.27 bits per heavy atom. The van der Waals surface area contributed by atoms with Crippen LogP contribution in [0.5, 0.6) is 0 Å². The largest absolute Gasteiger partial charge is 0.369 e. The number of amidine groups is 1. The summed E-state index contributed by atoms with van der Waals surface area (Å²) in [5.41, 5.74) is 2.23. The summed E-state index contributed by atoms with van der Waals surface area (Å²) in [5, 5.41) is 11.3. The first-order valence-corrected chi connectivity index (χ1v) is 8.26. The van der Waals surface area contributed by atoms with Gasteiger partial charge >= 0.3 is 0 Å². The summed E-state index contributed by atoms with van der Waals surface area (Å²) in [6, 6.07) is 8.29. The third-order valence-electron chi connectivity index (χ3n) is 3.68. The summed E-state index contributed by atoms with van der Waals surface area (Å²) in [6.07, 6.45) is 1.72. The van der Waals surface area contributed by atoms with E-state index in [9.17, 15) is 4.79 Å². The number of hydrogen-bond acceptors (Lipinski definition) is 6. The number of carbonyl (C=O) groups is 1. The number of hydrogen-bond donors (Lipinski definition) is 1. The van der Waals surface area contributed by atoms with Crippen LogP contribution in [0.25, 0.3) is 0 Å². The normalized spacial score (nSPS) is 21.8. The van der Waals surface area contributed by atoms with Crippen molar-refractivity contribution in [1.29, 1.82) is 0 Å². The summed E-state index contributed by atoms with van der Waals surface area (Å²) in [7, 11) is 2.15. The molecule has 6 nitrogen and oxygen atoms in total. The lowest BCUT2D eigenvalue weighted by atomic mass is 10.2. The number of anilines is 1. The van der Waals surface area contributed by atoms with Crippen molar-refractivity contribution in [2.45, 2.75) is 0 Å². The van der Waals surface area contributed by atoms with E-state index >= 15 is 0 Å². The van der Waals surface area contributed by atoms with Gasteiger partial charge < -0.3 is 15.1 Å². The first kappa shape index (κ1) is 15.1. The molecule has 0 saturated carbocycles. The van der Waals surface area contributed by atoms with Gasteiger partial charge in [-0.25, -0.2) is 0 Å². The minimum atomic E-state index is -0.0176. The Hall–Kier alpha value is -1.86. The van der Waals surface area contributed by atoms with E-state index in [0.29, 0.717) is 10.9 Å². The van der Waals surface area contributed by atoms with Crippen LogP contribution in [0, 0.1) is 0 Å². The van der Waals surface area contributed by atoms with E-state index in [0.717, 1.165) is 31.7 Å². The maximum Gasteiger partial charge on any atom is 0.236 e. The van der Waals surface area contributed by atoms with Gasteiger partial charge in [0.25, 0.3) is 0 Å². The zero-order valence-corrected chi connectivity index (χ0v) is 13.3. The molecule has 1 N–H and O–H groups in total. The molecule has 2 aliphatic heterocycles. The molecule has 2 saturated heterocycles. The van der Waals surface area contributed by atoms with Gasteiger partial charge in [0.15, 0.2) is 5.17 Å². The summed E-state index contributed by atoms with van der Waals surface area (Å²) >= 11 is 1.37. The third kappa shape index (κ3) is 3.86. The molecule has 2 aliphatic rings. The number of carbonyl (C=O) groups excluding carboxylic acids is 1. The van der Waals surface area contributed by atoms with Gasteiger partial charge in [0.2, 0.25) is 5.91 Å². The molecule has 3 rings (SSSR count). The number of rotatable bonds is 3. The Kier molecular flexibility index (Phi) is 4.74. The van der Waals surface area contributed by atoms with E-state index in [1.807, 2.05) is 12.1 Å². The maximum absolute atomic E-state index is 11.1. The van der Waals surface area contributed by atoms with Gasteiger partial charge in [-0.1, -0.05) is 23.9 Å². The van der Waals surface area contributed by atoms with Crippen molar-refractivity contribution in [1.82, 2.24) is 10.2 Å². The molecule has 0 radical (unpaired) electrons. The van der Waals surface area contributed by atoms with E-state index in [4.69, 9.17) is 0 Å². The number of likely N-dealkylation sites (N-methyl/N-ethyl adjacent to an activating group) is 1. The second-order valence-electron chi connectivity index (χ2n) is 5.37. The van der Waals surface area contributed by atoms with Crippen LogP contribution in [0.3, 0.4) is 0 Å². The van der Waals surface area contributed by atoms with E-state index in [2.05, 4.69) is 44.5 Å². The Labute approximate surface area is 134 Å². The number of nitrogens with zero attached hydrogens (tertiary/aromatic N) is 4. The van der Waals surface area contributed by atoms with E-state index in [1.165, 1.54) is 17.4 Å². The predicted molar refractivity (Wildman–Crippen MR) is 91.8 cm³/mol. The van der Waals surface area contributed by atoms with Crippen molar-refractivity contribution >= 4 is 34.7 Å². The molecular formula is C15H19N5OS. The molecule has 2 heterocycles. The van der Waals surface area contributed by atoms with Crippen LogP contribution in [-0.4, -0.2) is 61.2 Å². The Morgan fingerprint density at radius 2 is 2.09 bits per heavy atom. The average molecular weight is 317 g/mol. The molecule has 0 atom stereocenters.